The molecule has 164 valence electrons. The molecule has 8 heteroatoms. The summed E-state index contributed by atoms with van der Waals surface area (Å²) in [6.45, 7) is 0.560. The van der Waals surface area contributed by atoms with E-state index in [9.17, 15) is 9.90 Å². The van der Waals surface area contributed by atoms with Gasteiger partial charge in [0.2, 0.25) is 0 Å². The largest absolute Gasteiger partial charge is 0.478 e. The summed E-state index contributed by atoms with van der Waals surface area (Å²) < 4.78 is 6.27. The lowest BCUT2D eigenvalue weighted by molar-refractivity contribution is 0.0697. The molecule has 1 aliphatic heterocycles. The average Bonchev–Trinajstić information content (AvgIpc) is 3.45. The highest BCUT2D eigenvalue weighted by Gasteiger charge is 2.41. The summed E-state index contributed by atoms with van der Waals surface area (Å²) in [4.78, 5) is 22.4. The van der Waals surface area contributed by atoms with Gasteiger partial charge in [0.05, 0.1) is 17.3 Å². The summed E-state index contributed by atoms with van der Waals surface area (Å²) in [6, 6.07) is 19.6. The van der Waals surface area contributed by atoms with Crippen LogP contribution in [0, 0.1) is 0 Å². The number of pyridine rings is 2. The molecule has 1 aromatic carbocycles. The molecule has 5 rings (SSSR count). The highest BCUT2D eigenvalue weighted by molar-refractivity contribution is 7.80. The summed E-state index contributed by atoms with van der Waals surface area (Å²) in [5.41, 5.74) is 2.61. The zero-order chi connectivity index (χ0) is 22.8. The number of aromatic nitrogens is 2. The third kappa shape index (κ3) is 4.08. The van der Waals surface area contributed by atoms with Crippen LogP contribution in [0.4, 0.5) is 0 Å². The molecule has 7 nitrogen and oxygen atoms in total. The summed E-state index contributed by atoms with van der Waals surface area (Å²) in [6.07, 6.45) is 5.25. The van der Waals surface area contributed by atoms with Gasteiger partial charge in [0.1, 0.15) is 17.6 Å². The van der Waals surface area contributed by atoms with Crippen molar-refractivity contribution in [3.05, 3.63) is 108 Å². The Balaban J connectivity index is 1.56. The van der Waals surface area contributed by atoms with E-state index in [0.29, 0.717) is 28.7 Å². The lowest BCUT2D eigenvalue weighted by Gasteiger charge is -2.26. The molecule has 0 amide bonds. The number of furan rings is 1. The SMILES string of the molecule is O=C(O)c1ccccc1-c1ccc([C@@H]2[C@H](c3ccccn3)NC(=S)N2Cc2ccncc2)o1. The maximum absolute atomic E-state index is 11.7. The molecule has 0 aliphatic carbocycles. The highest BCUT2D eigenvalue weighted by atomic mass is 32.1. The van der Waals surface area contributed by atoms with E-state index < -0.39 is 5.97 Å². The number of aromatic carboxylic acids is 1. The molecule has 1 aliphatic rings. The highest BCUT2D eigenvalue weighted by Crippen LogP contribution is 2.41. The first-order valence-corrected chi connectivity index (χ1v) is 10.8. The lowest BCUT2D eigenvalue weighted by atomic mass is 10.0. The van der Waals surface area contributed by atoms with Crippen LogP contribution in [0.25, 0.3) is 11.3 Å². The van der Waals surface area contributed by atoms with Crippen molar-refractivity contribution >= 4 is 23.3 Å². The summed E-state index contributed by atoms with van der Waals surface area (Å²) in [5.74, 6) is 0.157. The number of carboxylic acid groups (broad SMARTS) is 1. The Morgan fingerprint density at radius 1 is 1.03 bits per heavy atom. The van der Waals surface area contributed by atoms with Gasteiger partial charge in [-0.2, -0.15) is 0 Å². The number of thiocarbonyl (C=S) groups is 1. The molecule has 1 fully saturated rings. The van der Waals surface area contributed by atoms with Crippen LogP contribution >= 0.6 is 12.2 Å². The van der Waals surface area contributed by atoms with Crippen molar-refractivity contribution in [1.82, 2.24) is 20.2 Å². The molecule has 0 unspecified atom stereocenters. The lowest BCUT2D eigenvalue weighted by Crippen LogP contribution is -2.29. The molecule has 4 aromatic rings. The smallest absolute Gasteiger partial charge is 0.336 e. The summed E-state index contributed by atoms with van der Waals surface area (Å²) >= 11 is 5.70. The van der Waals surface area contributed by atoms with Gasteiger partial charge in [0.25, 0.3) is 0 Å². The molecule has 4 heterocycles. The van der Waals surface area contributed by atoms with Crippen molar-refractivity contribution in [3.63, 3.8) is 0 Å². The number of hydrogen-bond acceptors (Lipinski definition) is 5. The molecule has 0 spiro atoms. The fraction of sp³-hybridized carbons (Fsp3) is 0.120. The first-order valence-electron chi connectivity index (χ1n) is 10.4. The Kier molecular flexibility index (Phi) is 5.58. The van der Waals surface area contributed by atoms with Crippen molar-refractivity contribution < 1.29 is 14.3 Å². The van der Waals surface area contributed by atoms with E-state index in [2.05, 4.69) is 20.2 Å². The monoisotopic (exact) mass is 456 g/mol. The first kappa shape index (κ1) is 20.8. The Labute approximate surface area is 195 Å². The van der Waals surface area contributed by atoms with Crippen LogP contribution in [0.5, 0.6) is 0 Å². The second-order valence-electron chi connectivity index (χ2n) is 7.66. The fourth-order valence-electron chi connectivity index (χ4n) is 4.11. The number of nitrogens with zero attached hydrogens (tertiary/aromatic N) is 3. The Bertz CT molecular complexity index is 1290. The number of nitrogens with one attached hydrogen (secondary N) is 1. The molecular formula is C25H20N4O3S. The second kappa shape index (κ2) is 8.84. The van der Waals surface area contributed by atoms with Crippen molar-refractivity contribution in [2.75, 3.05) is 0 Å². The zero-order valence-electron chi connectivity index (χ0n) is 17.5. The van der Waals surface area contributed by atoms with E-state index in [1.54, 1.807) is 48.9 Å². The minimum absolute atomic E-state index is 0.188. The van der Waals surface area contributed by atoms with Gasteiger partial charge >= 0.3 is 5.97 Å². The maximum Gasteiger partial charge on any atom is 0.336 e. The molecule has 33 heavy (non-hydrogen) atoms. The van der Waals surface area contributed by atoms with E-state index in [-0.39, 0.29) is 17.6 Å². The van der Waals surface area contributed by atoms with Crippen molar-refractivity contribution in [1.29, 1.82) is 0 Å². The van der Waals surface area contributed by atoms with E-state index >= 15 is 0 Å². The van der Waals surface area contributed by atoms with Gasteiger partial charge in [-0.05, 0) is 60.2 Å². The number of carbonyl (C=O) groups is 1. The van der Waals surface area contributed by atoms with Gasteiger partial charge < -0.3 is 19.7 Å². The predicted octanol–water partition coefficient (Wildman–Crippen LogP) is 4.61. The van der Waals surface area contributed by atoms with E-state index in [4.69, 9.17) is 16.6 Å². The third-order valence-corrected chi connectivity index (χ3v) is 5.99. The van der Waals surface area contributed by atoms with Gasteiger partial charge in [-0.15, -0.1) is 0 Å². The molecule has 3 aromatic heterocycles. The molecule has 0 radical (unpaired) electrons. The standard InChI is InChI=1S/C25H20N4O3S/c30-24(31)18-6-2-1-5-17(18)20-8-9-21(32-20)23-22(19-7-3-4-12-27-19)28-25(33)29(23)15-16-10-13-26-14-11-16/h1-14,22-23H,15H2,(H,28,33)(H,30,31)/t22-,23+/m0/s1. The Morgan fingerprint density at radius 3 is 2.58 bits per heavy atom. The van der Waals surface area contributed by atoms with E-state index in [0.717, 1.165) is 11.3 Å². The van der Waals surface area contributed by atoms with Crippen molar-refractivity contribution in [3.8, 4) is 11.3 Å². The fourth-order valence-corrected chi connectivity index (χ4v) is 4.42. The second-order valence-corrected chi connectivity index (χ2v) is 8.05. The van der Waals surface area contributed by atoms with Gasteiger partial charge in [-0.25, -0.2) is 4.79 Å². The van der Waals surface area contributed by atoms with Crippen LogP contribution < -0.4 is 5.32 Å². The van der Waals surface area contributed by atoms with Gasteiger partial charge in [0, 0.05) is 30.7 Å². The van der Waals surface area contributed by atoms with Gasteiger partial charge in [0.15, 0.2) is 5.11 Å². The quantitative estimate of drug-likeness (QED) is 0.407. The number of hydrogen-bond donors (Lipinski definition) is 2. The Morgan fingerprint density at radius 2 is 1.82 bits per heavy atom. The number of carboxylic acids is 1. The predicted molar refractivity (Wildman–Crippen MR) is 126 cm³/mol. The average molecular weight is 457 g/mol. The summed E-state index contributed by atoms with van der Waals surface area (Å²) in [5, 5.41) is 13.6. The van der Waals surface area contributed by atoms with Gasteiger partial charge in [-0.1, -0.05) is 24.3 Å². The van der Waals surface area contributed by atoms with Crippen LogP contribution in [-0.4, -0.2) is 31.1 Å². The van der Waals surface area contributed by atoms with E-state index in [1.165, 1.54) is 0 Å². The molecule has 0 bridgehead atoms. The molecule has 1 saturated heterocycles. The topological polar surface area (TPSA) is 91.5 Å². The van der Waals surface area contributed by atoms with Crippen molar-refractivity contribution in [2.24, 2.45) is 0 Å². The van der Waals surface area contributed by atoms with Crippen LogP contribution in [0.3, 0.4) is 0 Å². The van der Waals surface area contributed by atoms with Crippen molar-refractivity contribution in [2.45, 2.75) is 18.6 Å². The summed E-state index contributed by atoms with van der Waals surface area (Å²) in [7, 11) is 0. The molecule has 2 N–H and O–H groups in total. The van der Waals surface area contributed by atoms with Crippen LogP contribution in [0.1, 0.15) is 39.5 Å². The van der Waals surface area contributed by atoms with Crippen LogP contribution in [-0.2, 0) is 6.54 Å². The number of rotatable bonds is 6. The molecule has 2 atom stereocenters. The number of benzene rings is 1. The third-order valence-electron chi connectivity index (χ3n) is 5.64. The normalized spacial score (nSPS) is 17.7. The molecule has 0 saturated carbocycles. The minimum Gasteiger partial charge on any atom is -0.478 e. The zero-order valence-corrected chi connectivity index (χ0v) is 18.3. The van der Waals surface area contributed by atoms with Gasteiger partial charge in [-0.3, -0.25) is 9.97 Å². The van der Waals surface area contributed by atoms with Crippen LogP contribution in [0.2, 0.25) is 0 Å². The molecular weight excluding hydrogens is 436 g/mol. The minimum atomic E-state index is -1.00. The van der Waals surface area contributed by atoms with Crippen LogP contribution in [0.15, 0.2) is 89.7 Å². The van der Waals surface area contributed by atoms with E-state index in [1.807, 2.05) is 36.4 Å². The maximum atomic E-state index is 11.7. The Hall–Kier alpha value is -4.04. The first-order chi connectivity index (χ1) is 16.1.